The normalized spacial score (nSPS) is 38.4. The summed E-state index contributed by atoms with van der Waals surface area (Å²) in [5, 5.41) is 49.0. The van der Waals surface area contributed by atoms with E-state index in [0.717, 1.165) is 0 Å². The predicted molar refractivity (Wildman–Crippen MR) is 92.5 cm³/mol. The Bertz CT molecular complexity index is 771. The van der Waals surface area contributed by atoms with E-state index in [1.165, 1.54) is 18.2 Å². The molecule has 1 unspecified atom stereocenters. The molecule has 0 amide bonds. The molecule has 148 valence electrons. The number of ketones is 1. The van der Waals surface area contributed by atoms with Gasteiger partial charge in [-0.3, -0.25) is 9.59 Å². The zero-order valence-electron chi connectivity index (χ0n) is 13.8. The first-order valence-electron chi connectivity index (χ1n) is 8.19. The van der Waals surface area contributed by atoms with Gasteiger partial charge in [-0.25, -0.2) is 0 Å². The molecule has 0 radical (unpaired) electrons. The van der Waals surface area contributed by atoms with Crippen molar-refractivity contribution in [1.29, 1.82) is 0 Å². The molecule has 0 aromatic heterocycles. The summed E-state index contributed by atoms with van der Waals surface area (Å²) >= 11 is 11.7. The first-order chi connectivity index (χ1) is 12.6. The number of carboxylic acid groups (broad SMARTS) is 1. The maximum Gasteiger partial charge on any atom is 0.310 e. The number of rotatable bonds is 5. The molecule has 1 heterocycles. The van der Waals surface area contributed by atoms with Gasteiger partial charge in [-0.2, -0.15) is 0 Å². The molecule has 0 bridgehead atoms. The van der Waals surface area contributed by atoms with Crippen LogP contribution in [0.1, 0.15) is 23.2 Å². The molecular weight excluding hydrogens is 403 g/mol. The van der Waals surface area contributed by atoms with Gasteiger partial charge in [0.25, 0.3) is 0 Å². The Morgan fingerprint density at radius 3 is 2.33 bits per heavy atom. The second-order valence-electron chi connectivity index (χ2n) is 6.95. The van der Waals surface area contributed by atoms with E-state index in [4.69, 9.17) is 27.9 Å². The number of aliphatic hydroxyl groups excluding tert-OH is 4. The van der Waals surface area contributed by atoms with Crippen LogP contribution in [0.5, 0.6) is 0 Å². The summed E-state index contributed by atoms with van der Waals surface area (Å²) in [6.07, 6.45) is -8.38. The maximum absolute atomic E-state index is 12.7. The highest BCUT2D eigenvalue weighted by atomic mass is 35.5. The Labute approximate surface area is 163 Å². The van der Waals surface area contributed by atoms with Gasteiger partial charge in [0.15, 0.2) is 12.1 Å². The highest BCUT2D eigenvalue weighted by Crippen LogP contribution is 2.58. The van der Waals surface area contributed by atoms with Gasteiger partial charge < -0.3 is 30.3 Å². The second-order valence-corrected chi connectivity index (χ2v) is 7.77. The highest BCUT2D eigenvalue weighted by molar-refractivity contribution is 6.42. The molecule has 0 spiro atoms. The standard InChI is InChI=1S/C17H18Cl2O8/c18-8-2-1-6(3-9(8)19)11(20)7-4-17(7,16(25)26)5-10-12(21)13(22)14(23)15(24)27-10/h1-3,7,10,12-15,21-24H,4-5H2,(H,25,26)/t7-,10-,12+,13+,14-,15?,17+/m1/s1. The van der Waals surface area contributed by atoms with Crippen LogP contribution < -0.4 is 0 Å². The van der Waals surface area contributed by atoms with Gasteiger partial charge in [0.05, 0.1) is 21.6 Å². The molecule has 7 atom stereocenters. The fraction of sp³-hybridized carbons (Fsp3) is 0.529. The van der Waals surface area contributed by atoms with E-state index in [1.807, 2.05) is 0 Å². The Hall–Kier alpha value is -1.26. The summed E-state index contributed by atoms with van der Waals surface area (Å²) in [5.74, 6) is -2.58. The second kappa shape index (κ2) is 7.29. The van der Waals surface area contributed by atoms with Gasteiger partial charge in [0.2, 0.25) is 0 Å². The number of benzene rings is 1. The largest absolute Gasteiger partial charge is 0.481 e. The highest BCUT2D eigenvalue weighted by Gasteiger charge is 2.65. The quantitative estimate of drug-likeness (QED) is 0.432. The van der Waals surface area contributed by atoms with Gasteiger partial charge in [0, 0.05) is 11.5 Å². The Kier molecular flexibility index (Phi) is 5.53. The fourth-order valence-corrected chi connectivity index (χ4v) is 3.81. The van der Waals surface area contributed by atoms with Gasteiger partial charge in [0.1, 0.15) is 18.3 Å². The molecule has 2 aliphatic rings. The van der Waals surface area contributed by atoms with Crippen LogP contribution in [0.4, 0.5) is 0 Å². The van der Waals surface area contributed by atoms with Crippen LogP contribution in [0.25, 0.3) is 0 Å². The molecule has 1 aromatic rings. The van der Waals surface area contributed by atoms with E-state index in [0.29, 0.717) is 0 Å². The van der Waals surface area contributed by atoms with Crippen LogP contribution in [0.3, 0.4) is 0 Å². The van der Waals surface area contributed by atoms with Gasteiger partial charge in [-0.15, -0.1) is 0 Å². The molecular formula is C17H18Cl2O8. The van der Waals surface area contributed by atoms with E-state index >= 15 is 0 Å². The monoisotopic (exact) mass is 420 g/mol. The van der Waals surface area contributed by atoms with Crippen molar-refractivity contribution in [3.8, 4) is 0 Å². The molecule has 8 nitrogen and oxygen atoms in total. The number of halogens is 2. The zero-order chi connectivity index (χ0) is 20.1. The summed E-state index contributed by atoms with van der Waals surface area (Å²) in [7, 11) is 0. The molecule has 1 saturated heterocycles. The Morgan fingerprint density at radius 1 is 1.07 bits per heavy atom. The summed E-state index contributed by atoms with van der Waals surface area (Å²) in [6.45, 7) is 0. The van der Waals surface area contributed by atoms with Gasteiger partial charge in [-0.05, 0) is 31.0 Å². The molecule has 10 heteroatoms. The van der Waals surface area contributed by atoms with Crippen molar-refractivity contribution in [2.24, 2.45) is 11.3 Å². The van der Waals surface area contributed by atoms with E-state index < -0.39 is 53.8 Å². The third-order valence-corrected chi connectivity index (χ3v) is 6.01. The van der Waals surface area contributed by atoms with Crippen molar-refractivity contribution < 1.29 is 39.9 Å². The summed E-state index contributed by atoms with van der Waals surface area (Å²) in [5.41, 5.74) is -1.31. The van der Waals surface area contributed by atoms with Crippen molar-refractivity contribution >= 4 is 35.0 Å². The molecule has 1 aliphatic carbocycles. The number of Topliss-reactive ketones (excluding diaryl/α,β-unsaturated/α-hetero) is 1. The van der Waals surface area contributed by atoms with E-state index in [2.05, 4.69) is 0 Å². The van der Waals surface area contributed by atoms with E-state index in [9.17, 15) is 35.1 Å². The number of aliphatic hydroxyl groups is 4. The summed E-state index contributed by atoms with van der Waals surface area (Å²) in [4.78, 5) is 24.5. The van der Waals surface area contributed by atoms with Crippen LogP contribution in [0.15, 0.2) is 18.2 Å². The smallest absolute Gasteiger partial charge is 0.310 e. The number of hydrogen-bond acceptors (Lipinski definition) is 7. The van der Waals surface area contributed by atoms with Crippen molar-refractivity contribution in [2.75, 3.05) is 0 Å². The lowest BCUT2D eigenvalue weighted by Crippen LogP contribution is -2.58. The molecule has 1 aliphatic heterocycles. The van der Waals surface area contributed by atoms with Gasteiger partial charge in [-0.1, -0.05) is 23.2 Å². The molecule has 5 N–H and O–H groups in total. The van der Waals surface area contributed by atoms with Crippen molar-refractivity contribution in [3.63, 3.8) is 0 Å². The van der Waals surface area contributed by atoms with Crippen molar-refractivity contribution in [2.45, 2.75) is 43.5 Å². The third kappa shape index (κ3) is 3.58. The SMILES string of the molecule is O=C(c1ccc(Cl)c(Cl)c1)[C@H]1C[C@@]1(C[C@H]1OC(O)[C@H](O)[C@@H](O)[C@H]1O)C(=O)O. The average Bonchev–Trinajstić information content (AvgIpc) is 3.35. The first kappa shape index (κ1) is 20.5. The van der Waals surface area contributed by atoms with Gasteiger partial charge >= 0.3 is 5.97 Å². The first-order valence-corrected chi connectivity index (χ1v) is 8.94. The number of ether oxygens (including phenoxy) is 1. The average molecular weight is 421 g/mol. The molecule has 2 fully saturated rings. The van der Waals surface area contributed by atoms with Crippen LogP contribution >= 0.6 is 23.2 Å². The van der Waals surface area contributed by atoms with Crippen LogP contribution in [0, 0.1) is 11.3 Å². The fourth-order valence-electron chi connectivity index (χ4n) is 3.51. The van der Waals surface area contributed by atoms with E-state index in [-0.39, 0.29) is 28.5 Å². The van der Waals surface area contributed by atoms with Crippen LogP contribution in [-0.4, -0.2) is 68.0 Å². The minimum absolute atomic E-state index is 0.00271. The molecule has 27 heavy (non-hydrogen) atoms. The van der Waals surface area contributed by atoms with Crippen molar-refractivity contribution in [3.05, 3.63) is 33.8 Å². The Balaban J connectivity index is 1.79. The number of aliphatic carboxylic acids is 1. The summed E-state index contributed by atoms with van der Waals surface area (Å²) < 4.78 is 5.06. The molecule has 1 aromatic carbocycles. The van der Waals surface area contributed by atoms with Crippen molar-refractivity contribution in [1.82, 2.24) is 0 Å². The molecule has 3 rings (SSSR count). The number of hydrogen-bond donors (Lipinski definition) is 5. The predicted octanol–water partition coefficient (Wildman–Crippen LogP) is 0.457. The third-order valence-electron chi connectivity index (χ3n) is 5.27. The maximum atomic E-state index is 12.7. The minimum Gasteiger partial charge on any atom is -0.481 e. The lowest BCUT2D eigenvalue weighted by molar-refractivity contribution is -0.284. The number of carbonyl (C=O) groups excluding carboxylic acids is 1. The lowest BCUT2D eigenvalue weighted by Gasteiger charge is -2.39. The minimum atomic E-state index is -1.78. The Morgan fingerprint density at radius 2 is 1.74 bits per heavy atom. The van der Waals surface area contributed by atoms with Crippen LogP contribution in [-0.2, 0) is 9.53 Å². The number of carbonyl (C=O) groups is 2. The topological polar surface area (TPSA) is 145 Å². The van der Waals surface area contributed by atoms with E-state index in [1.54, 1.807) is 0 Å². The zero-order valence-corrected chi connectivity index (χ0v) is 15.3. The molecule has 1 saturated carbocycles. The van der Waals surface area contributed by atoms with Crippen LogP contribution in [0.2, 0.25) is 10.0 Å². The lowest BCUT2D eigenvalue weighted by atomic mass is 9.87. The number of carboxylic acids is 1. The summed E-state index contributed by atoms with van der Waals surface area (Å²) in [6, 6.07) is 4.23.